The summed E-state index contributed by atoms with van der Waals surface area (Å²) in [6.45, 7) is 3.11. The zero-order valence-corrected chi connectivity index (χ0v) is 16.1. The summed E-state index contributed by atoms with van der Waals surface area (Å²) in [6.07, 6.45) is 0. The van der Waals surface area contributed by atoms with Crippen molar-refractivity contribution in [3.8, 4) is 5.75 Å². The van der Waals surface area contributed by atoms with E-state index in [2.05, 4.69) is 10.6 Å². The van der Waals surface area contributed by atoms with Gasteiger partial charge in [0.1, 0.15) is 11.8 Å². The molecule has 1 unspecified atom stereocenters. The molecule has 2 aromatic carbocycles. The van der Waals surface area contributed by atoms with Gasteiger partial charge in [-0.15, -0.1) is 0 Å². The average Bonchev–Trinajstić information content (AvgIpc) is 2.70. The van der Waals surface area contributed by atoms with Gasteiger partial charge in [0.15, 0.2) is 6.61 Å². The third kappa shape index (κ3) is 6.12. The van der Waals surface area contributed by atoms with Crippen LogP contribution in [0.1, 0.15) is 24.2 Å². The molecular weight excluding hydrogens is 360 g/mol. The molecule has 2 amide bonds. The molecule has 0 spiro atoms. The lowest BCUT2D eigenvalue weighted by molar-refractivity contribution is -0.150. The minimum atomic E-state index is -0.864. The van der Waals surface area contributed by atoms with Gasteiger partial charge < -0.3 is 20.1 Å². The molecule has 0 aliphatic carbocycles. The van der Waals surface area contributed by atoms with E-state index in [1.807, 2.05) is 0 Å². The highest BCUT2D eigenvalue weighted by Gasteiger charge is 2.26. The molecule has 0 heterocycles. The molecule has 2 rings (SSSR count). The van der Waals surface area contributed by atoms with E-state index in [1.165, 1.54) is 7.11 Å². The van der Waals surface area contributed by atoms with E-state index in [0.29, 0.717) is 17.0 Å². The minimum absolute atomic E-state index is 0.207. The van der Waals surface area contributed by atoms with Gasteiger partial charge in [-0.25, -0.2) is 4.79 Å². The Morgan fingerprint density at radius 2 is 1.71 bits per heavy atom. The Morgan fingerprint density at radius 1 is 1.00 bits per heavy atom. The number of esters is 1. The van der Waals surface area contributed by atoms with Gasteiger partial charge in [-0.3, -0.25) is 9.59 Å². The molecule has 2 N–H and O–H groups in total. The molecule has 1 atom stereocenters. The lowest BCUT2D eigenvalue weighted by Crippen LogP contribution is -2.45. The summed E-state index contributed by atoms with van der Waals surface area (Å²) in [4.78, 5) is 36.7. The zero-order valence-electron chi connectivity index (χ0n) is 16.1. The predicted octanol–water partition coefficient (Wildman–Crippen LogP) is 2.63. The minimum Gasteiger partial charge on any atom is -0.497 e. The van der Waals surface area contributed by atoms with E-state index in [0.717, 1.165) is 0 Å². The first-order valence-electron chi connectivity index (χ1n) is 8.87. The topological polar surface area (TPSA) is 93.7 Å². The van der Waals surface area contributed by atoms with E-state index in [4.69, 9.17) is 9.47 Å². The summed E-state index contributed by atoms with van der Waals surface area (Å²) < 4.78 is 10.2. The number of hydrogen-bond acceptors (Lipinski definition) is 5. The maximum Gasteiger partial charge on any atom is 0.329 e. The number of methoxy groups -OCH3 is 1. The molecule has 0 fully saturated rings. The Balaban J connectivity index is 1.91. The smallest absolute Gasteiger partial charge is 0.329 e. The third-order valence-electron chi connectivity index (χ3n) is 3.94. The van der Waals surface area contributed by atoms with Gasteiger partial charge >= 0.3 is 5.97 Å². The summed E-state index contributed by atoms with van der Waals surface area (Å²) in [7, 11) is 1.53. The van der Waals surface area contributed by atoms with Crippen molar-refractivity contribution in [1.82, 2.24) is 5.32 Å². The van der Waals surface area contributed by atoms with Crippen LogP contribution in [0.25, 0.3) is 0 Å². The molecule has 7 nitrogen and oxygen atoms in total. The Morgan fingerprint density at radius 3 is 2.36 bits per heavy atom. The summed E-state index contributed by atoms with van der Waals surface area (Å²) in [6, 6.07) is 14.5. The number of nitrogens with one attached hydrogen (secondary N) is 2. The van der Waals surface area contributed by atoms with Crippen molar-refractivity contribution in [3.05, 3.63) is 60.2 Å². The Bertz CT molecular complexity index is 821. The van der Waals surface area contributed by atoms with Gasteiger partial charge in [-0.05, 0) is 30.2 Å². The molecular formula is C21H24N2O5. The fourth-order valence-corrected chi connectivity index (χ4v) is 2.44. The van der Waals surface area contributed by atoms with Gasteiger partial charge in [-0.1, -0.05) is 38.1 Å². The van der Waals surface area contributed by atoms with E-state index < -0.39 is 24.5 Å². The highest BCUT2D eigenvalue weighted by atomic mass is 16.5. The number of amides is 2. The number of anilines is 1. The van der Waals surface area contributed by atoms with Crippen LogP contribution < -0.4 is 15.4 Å². The van der Waals surface area contributed by atoms with Gasteiger partial charge in [0, 0.05) is 17.3 Å². The zero-order chi connectivity index (χ0) is 20.5. The van der Waals surface area contributed by atoms with Crippen molar-refractivity contribution < 1.29 is 23.9 Å². The molecule has 148 valence electrons. The summed E-state index contributed by atoms with van der Waals surface area (Å²) in [5, 5.41) is 5.28. The monoisotopic (exact) mass is 384 g/mol. The van der Waals surface area contributed by atoms with Gasteiger partial charge in [0.2, 0.25) is 0 Å². The Hall–Kier alpha value is -3.35. The normalized spacial score (nSPS) is 11.4. The lowest BCUT2D eigenvalue weighted by Gasteiger charge is -2.20. The molecule has 28 heavy (non-hydrogen) atoms. The first kappa shape index (κ1) is 21.0. The molecule has 0 bridgehead atoms. The highest BCUT2D eigenvalue weighted by Crippen LogP contribution is 2.16. The van der Waals surface area contributed by atoms with Crippen molar-refractivity contribution in [2.75, 3.05) is 19.0 Å². The first-order valence-corrected chi connectivity index (χ1v) is 8.87. The molecule has 0 aromatic heterocycles. The molecule has 0 aliphatic heterocycles. The quantitative estimate of drug-likeness (QED) is 0.683. The molecule has 2 aromatic rings. The largest absolute Gasteiger partial charge is 0.497 e. The van der Waals surface area contributed by atoms with Crippen molar-refractivity contribution in [3.63, 3.8) is 0 Å². The standard InChI is InChI=1S/C21H24N2O5/c1-14(2)19(23-20(25)15-8-5-4-6-9-15)21(26)28-13-18(24)22-16-10-7-11-17(12-16)27-3/h4-12,14,19H,13H2,1-3H3,(H,22,24)(H,23,25). The highest BCUT2D eigenvalue weighted by molar-refractivity contribution is 5.97. The maximum atomic E-state index is 12.4. The van der Waals surface area contributed by atoms with Gasteiger partial charge in [0.25, 0.3) is 11.8 Å². The summed E-state index contributed by atoms with van der Waals surface area (Å²) in [5.74, 6) is -1.14. The van der Waals surface area contributed by atoms with Crippen LogP contribution in [0, 0.1) is 5.92 Å². The van der Waals surface area contributed by atoms with E-state index >= 15 is 0 Å². The summed E-state index contributed by atoms with van der Waals surface area (Å²) >= 11 is 0. The van der Waals surface area contributed by atoms with Crippen LogP contribution in [0.2, 0.25) is 0 Å². The van der Waals surface area contributed by atoms with Crippen molar-refractivity contribution in [2.24, 2.45) is 5.92 Å². The lowest BCUT2D eigenvalue weighted by atomic mass is 10.0. The number of carbonyl (C=O) groups excluding carboxylic acids is 3. The van der Waals surface area contributed by atoms with Crippen LogP contribution >= 0.6 is 0 Å². The fraction of sp³-hybridized carbons (Fsp3) is 0.286. The second-order valence-corrected chi connectivity index (χ2v) is 6.45. The molecule has 0 aliphatic rings. The van der Waals surface area contributed by atoms with Crippen LogP contribution in [-0.4, -0.2) is 37.5 Å². The molecule has 0 saturated heterocycles. The van der Waals surface area contributed by atoms with E-state index in [9.17, 15) is 14.4 Å². The van der Waals surface area contributed by atoms with E-state index in [-0.39, 0.29) is 11.8 Å². The van der Waals surface area contributed by atoms with Crippen LogP contribution in [0.15, 0.2) is 54.6 Å². The van der Waals surface area contributed by atoms with Crippen LogP contribution in [0.3, 0.4) is 0 Å². The van der Waals surface area contributed by atoms with Crippen molar-refractivity contribution in [1.29, 1.82) is 0 Å². The molecule has 0 saturated carbocycles. The Kier molecular flexibility index (Phi) is 7.56. The van der Waals surface area contributed by atoms with Crippen LogP contribution in [0.4, 0.5) is 5.69 Å². The number of ether oxygens (including phenoxy) is 2. The molecule has 7 heteroatoms. The van der Waals surface area contributed by atoms with Crippen LogP contribution in [-0.2, 0) is 14.3 Å². The predicted molar refractivity (Wildman–Crippen MR) is 105 cm³/mol. The maximum absolute atomic E-state index is 12.4. The number of carbonyl (C=O) groups is 3. The third-order valence-corrected chi connectivity index (χ3v) is 3.94. The second-order valence-electron chi connectivity index (χ2n) is 6.45. The van der Waals surface area contributed by atoms with E-state index in [1.54, 1.807) is 68.4 Å². The number of hydrogen-bond donors (Lipinski definition) is 2. The first-order chi connectivity index (χ1) is 13.4. The Labute approximate surface area is 164 Å². The van der Waals surface area contributed by atoms with Gasteiger partial charge in [-0.2, -0.15) is 0 Å². The fourth-order valence-electron chi connectivity index (χ4n) is 2.44. The van der Waals surface area contributed by atoms with Gasteiger partial charge in [0.05, 0.1) is 7.11 Å². The molecule has 0 radical (unpaired) electrons. The van der Waals surface area contributed by atoms with Crippen molar-refractivity contribution in [2.45, 2.75) is 19.9 Å². The van der Waals surface area contributed by atoms with Crippen LogP contribution in [0.5, 0.6) is 5.75 Å². The second kappa shape index (κ2) is 10.1. The number of benzene rings is 2. The average molecular weight is 384 g/mol. The number of rotatable bonds is 8. The van der Waals surface area contributed by atoms with Crippen molar-refractivity contribution >= 4 is 23.5 Å². The SMILES string of the molecule is COc1cccc(NC(=O)COC(=O)C(NC(=O)c2ccccc2)C(C)C)c1. The summed E-state index contributed by atoms with van der Waals surface area (Å²) in [5.41, 5.74) is 0.968.